The third-order valence-corrected chi connectivity index (χ3v) is 4.47. The molecule has 0 aliphatic rings. The summed E-state index contributed by atoms with van der Waals surface area (Å²) in [5.74, 6) is -0.729. The lowest BCUT2D eigenvalue weighted by molar-refractivity contribution is -0.131. The highest BCUT2D eigenvalue weighted by Gasteiger charge is 2.19. The van der Waals surface area contributed by atoms with E-state index in [9.17, 15) is 14.4 Å². The number of nitrogens with zero attached hydrogens (tertiary/aromatic N) is 4. The van der Waals surface area contributed by atoms with Crippen molar-refractivity contribution in [3.05, 3.63) is 46.6 Å². The van der Waals surface area contributed by atoms with E-state index in [0.29, 0.717) is 29.6 Å². The highest BCUT2D eigenvalue weighted by Crippen LogP contribution is 2.18. The van der Waals surface area contributed by atoms with Crippen LogP contribution in [0.2, 0.25) is 0 Å². The second-order valence-electron chi connectivity index (χ2n) is 5.99. The number of imidazole rings is 1. The van der Waals surface area contributed by atoms with Crippen molar-refractivity contribution < 1.29 is 14.3 Å². The van der Waals surface area contributed by atoms with E-state index in [4.69, 9.17) is 4.74 Å². The van der Waals surface area contributed by atoms with Crippen LogP contribution < -0.4 is 5.69 Å². The van der Waals surface area contributed by atoms with Crippen LogP contribution in [0.15, 0.2) is 35.3 Å². The fraction of sp³-hybridized carbons (Fsp3) is 0.368. The quantitative estimate of drug-likeness (QED) is 0.617. The molecule has 1 amide bonds. The maximum atomic E-state index is 13.0. The Labute approximate surface area is 156 Å². The summed E-state index contributed by atoms with van der Waals surface area (Å²) in [5, 5.41) is 0.681. The highest BCUT2D eigenvalue weighted by atomic mass is 16.5. The predicted molar refractivity (Wildman–Crippen MR) is 101 cm³/mol. The Morgan fingerprint density at radius 2 is 1.85 bits per heavy atom. The van der Waals surface area contributed by atoms with Gasteiger partial charge in [0.2, 0.25) is 5.91 Å². The second-order valence-corrected chi connectivity index (χ2v) is 5.99. The first kappa shape index (κ1) is 18.6. The van der Waals surface area contributed by atoms with Gasteiger partial charge in [0, 0.05) is 24.7 Å². The standard InChI is InChI=1S/C19H22N4O4/c1-4-21(5-2)16(24)12-22-15-10-8-7-9-13(15)17-20-14(18(25)27-6-3)11-23(17)19(22)26/h7-11H,4-6,12H2,1-3H3. The van der Waals surface area contributed by atoms with Gasteiger partial charge in [0.15, 0.2) is 11.3 Å². The van der Waals surface area contributed by atoms with Gasteiger partial charge in [-0.25, -0.2) is 19.0 Å². The van der Waals surface area contributed by atoms with Gasteiger partial charge in [-0.3, -0.25) is 9.36 Å². The number of hydrogen-bond donors (Lipinski definition) is 0. The Balaban J connectivity index is 2.21. The smallest absolute Gasteiger partial charge is 0.358 e. The lowest BCUT2D eigenvalue weighted by atomic mass is 10.2. The topological polar surface area (TPSA) is 85.9 Å². The molecule has 0 fully saturated rings. The average molecular weight is 370 g/mol. The monoisotopic (exact) mass is 370 g/mol. The molecule has 2 heterocycles. The van der Waals surface area contributed by atoms with E-state index < -0.39 is 11.7 Å². The molecule has 3 rings (SSSR count). The minimum Gasteiger partial charge on any atom is -0.461 e. The van der Waals surface area contributed by atoms with Crippen molar-refractivity contribution >= 4 is 28.4 Å². The second kappa shape index (κ2) is 7.61. The van der Waals surface area contributed by atoms with Crippen LogP contribution in [0.25, 0.3) is 16.6 Å². The Bertz CT molecular complexity index is 1060. The SMILES string of the molecule is CCOC(=O)c1cn2c(=O)n(CC(=O)N(CC)CC)c3ccccc3c2n1. The largest absolute Gasteiger partial charge is 0.461 e. The van der Waals surface area contributed by atoms with Crippen LogP contribution in [-0.2, 0) is 16.1 Å². The summed E-state index contributed by atoms with van der Waals surface area (Å²) >= 11 is 0. The predicted octanol–water partition coefficient (Wildman–Crippen LogP) is 1.69. The molecule has 0 aliphatic heterocycles. The van der Waals surface area contributed by atoms with Crippen LogP contribution in [0.4, 0.5) is 0 Å². The molecule has 0 bridgehead atoms. The minimum atomic E-state index is -0.588. The number of rotatable bonds is 6. The third-order valence-electron chi connectivity index (χ3n) is 4.47. The Morgan fingerprint density at radius 1 is 1.15 bits per heavy atom. The molecule has 0 atom stereocenters. The number of likely N-dealkylation sites (N-methyl/N-ethyl adjacent to an activating group) is 1. The molecule has 0 saturated carbocycles. The third kappa shape index (κ3) is 3.30. The van der Waals surface area contributed by atoms with Gasteiger partial charge < -0.3 is 9.64 Å². The van der Waals surface area contributed by atoms with Gasteiger partial charge in [-0.15, -0.1) is 0 Å². The normalized spacial score (nSPS) is 11.1. The fourth-order valence-electron chi connectivity index (χ4n) is 3.12. The molecule has 3 aromatic rings. The molecule has 0 spiro atoms. The number of carbonyl (C=O) groups excluding carboxylic acids is 2. The van der Waals surface area contributed by atoms with Gasteiger partial charge in [0.1, 0.15) is 6.54 Å². The molecule has 27 heavy (non-hydrogen) atoms. The van der Waals surface area contributed by atoms with Crippen LogP contribution in [0, 0.1) is 0 Å². The number of benzene rings is 1. The number of para-hydroxylation sites is 1. The minimum absolute atomic E-state index is 0.0620. The lowest BCUT2D eigenvalue weighted by Gasteiger charge is -2.20. The van der Waals surface area contributed by atoms with Crippen LogP contribution in [0.3, 0.4) is 0 Å². The molecule has 0 unspecified atom stereocenters. The van der Waals surface area contributed by atoms with Gasteiger partial charge >= 0.3 is 11.7 Å². The summed E-state index contributed by atoms with van der Waals surface area (Å²) in [6, 6.07) is 7.20. The maximum absolute atomic E-state index is 13.0. The van der Waals surface area contributed by atoms with E-state index in [0.717, 1.165) is 0 Å². The lowest BCUT2D eigenvalue weighted by Crippen LogP contribution is -2.37. The van der Waals surface area contributed by atoms with E-state index in [2.05, 4.69) is 4.98 Å². The average Bonchev–Trinajstić information content (AvgIpc) is 3.12. The van der Waals surface area contributed by atoms with E-state index in [1.807, 2.05) is 26.0 Å². The number of hydrogen-bond acceptors (Lipinski definition) is 5. The van der Waals surface area contributed by atoms with Crippen LogP contribution in [0.1, 0.15) is 31.3 Å². The van der Waals surface area contributed by atoms with E-state index in [-0.39, 0.29) is 24.8 Å². The summed E-state index contributed by atoms with van der Waals surface area (Å²) < 4.78 is 7.69. The number of ether oxygens (including phenoxy) is 1. The molecular weight excluding hydrogens is 348 g/mol. The first-order chi connectivity index (χ1) is 13.0. The Hall–Kier alpha value is -3.16. The maximum Gasteiger partial charge on any atom is 0.358 e. The van der Waals surface area contributed by atoms with Gasteiger partial charge in [-0.1, -0.05) is 12.1 Å². The van der Waals surface area contributed by atoms with Gasteiger partial charge in [-0.2, -0.15) is 0 Å². The summed E-state index contributed by atoms with van der Waals surface area (Å²) in [4.78, 5) is 43.6. The van der Waals surface area contributed by atoms with Gasteiger partial charge in [-0.05, 0) is 32.9 Å². The molecule has 0 aliphatic carbocycles. The van der Waals surface area contributed by atoms with Crippen molar-refractivity contribution in [3.63, 3.8) is 0 Å². The number of amides is 1. The number of fused-ring (bicyclic) bond motifs is 3. The molecule has 1 aromatic carbocycles. The van der Waals surface area contributed by atoms with Gasteiger partial charge in [0.05, 0.1) is 12.1 Å². The Kier molecular flexibility index (Phi) is 5.25. The molecule has 8 nitrogen and oxygen atoms in total. The zero-order valence-corrected chi connectivity index (χ0v) is 15.6. The van der Waals surface area contributed by atoms with Crippen molar-refractivity contribution in [1.82, 2.24) is 18.9 Å². The molecular formula is C19H22N4O4. The van der Waals surface area contributed by atoms with Crippen LogP contribution >= 0.6 is 0 Å². The zero-order valence-electron chi connectivity index (χ0n) is 15.6. The Morgan fingerprint density at radius 3 is 2.52 bits per heavy atom. The number of esters is 1. The van der Waals surface area contributed by atoms with Crippen molar-refractivity contribution in [2.45, 2.75) is 27.3 Å². The molecule has 2 aromatic heterocycles. The number of aromatic nitrogens is 3. The number of carbonyl (C=O) groups is 2. The summed E-state index contributed by atoms with van der Waals surface area (Å²) in [6.07, 6.45) is 1.36. The van der Waals surface area contributed by atoms with Gasteiger partial charge in [0.25, 0.3) is 0 Å². The summed E-state index contributed by atoms with van der Waals surface area (Å²) in [6.45, 7) is 6.78. The molecule has 0 radical (unpaired) electrons. The van der Waals surface area contributed by atoms with Crippen LogP contribution in [0.5, 0.6) is 0 Å². The first-order valence-corrected chi connectivity index (χ1v) is 8.97. The molecule has 0 N–H and O–H groups in total. The molecule has 142 valence electrons. The van der Waals surface area contributed by atoms with E-state index >= 15 is 0 Å². The van der Waals surface area contributed by atoms with Crippen molar-refractivity contribution in [3.8, 4) is 0 Å². The summed E-state index contributed by atoms with van der Waals surface area (Å²) in [7, 11) is 0. The highest BCUT2D eigenvalue weighted by molar-refractivity contribution is 5.95. The molecule has 0 saturated heterocycles. The fourth-order valence-corrected chi connectivity index (χ4v) is 3.12. The van der Waals surface area contributed by atoms with Crippen molar-refractivity contribution in [2.24, 2.45) is 0 Å². The van der Waals surface area contributed by atoms with Crippen LogP contribution in [-0.4, -0.2) is 50.4 Å². The molecule has 8 heteroatoms. The van der Waals surface area contributed by atoms with E-state index in [1.54, 1.807) is 24.0 Å². The van der Waals surface area contributed by atoms with E-state index in [1.165, 1.54) is 15.2 Å². The van der Waals surface area contributed by atoms with Crippen molar-refractivity contribution in [2.75, 3.05) is 19.7 Å². The first-order valence-electron chi connectivity index (χ1n) is 8.97. The van der Waals surface area contributed by atoms with Crippen molar-refractivity contribution in [1.29, 1.82) is 0 Å². The summed E-state index contributed by atoms with van der Waals surface area (Å²) in [5.41, 5.74) is 0.598. The zero-order chi connectivity index (χ0) is 19.6.